The molecule has 8 nitrogen and oxygen atoms in total. The lowest BCUT2D eigenvalue weighted by Crippen LogP contribution is -2.64. The van der Waals surface area contributed by atoms with E-state index in [4.69, 9.17) is 16.3 Å². The van der Waals surface area contributed by atoms with Gasteiger partial charge >= 0.3 is 5.97 Å². The predicted molar refractivity (Wildman–Crippen MR) is 102 cm³/mol. The number of amides is 1. The Morgan fingerprint density at radius 2 is 2.11 bits per heavy atom. The molecule has 0 aromatic heterocycles. The monoisotopic (exact) mass is 469 g/mol. The van der Waals surface area contributed by atoms with Crippen molar-refractivity contribution in [2.24, 2.45) is 5.92 Å². The van der Waals surface area contributed by atoms with Crippen LogP contribution < -0.4 is 21.5 Å². The lowest BCUT2D eigenvalue weighted by atomic mass is 9.82. The fraction of sp³-hybridized carbons (Fsp3) is 0.875. The van der Waals surface area contributed by atoms with Crippen molar-refractivity contribution in [3.05, 3.63) is 0 Å². The summed E-state index contributed by atoms with van der Waals surface area (Å²) in [5.74, 6) is -1.72. The number of hydrogen-bond acceptors (Lipinski definition) is 7. The number of nitrogens with one attached hydrogen (secondary N) is 4. The Hall–Kier alpha value is -0.520. The maximum atomic E-state index is 14.8. The first-order chi connectivity index (χ1) is 12.9. The quantitative estimate of drug-likeness (QED) is 0.334. The molecule has 2 saturated heterocycles. The maximum absolute atomic E-state index is 14.8. The Balaban J connectivity index is 1.58. The van der Waals surface area contributed by atoms with Crippen LogP contribution in [0.25, 0.3) is 0 Å². The Morgan fingerprint density at radius 1 is 1.33 bits per heavy atom. The highest BCUT2D eigenvalue weighted by Gasteiger charge is 2.48. The molecule has 0 radical (unpaired) electrons. The molecule has 1 saturated carbocycles. The number of esters is 1. The minimum atomic E-state index is -1.49. The van der Waals surface area contributed by atoms with E-state index >= 15 is 0 Å². The summed E-state index contributed by atoms with van der Waals surface area (Å²) in [5, 5.41) is 5.42. The van der Waals surface area contributed by atoms with Gasteiger partial charge in [0.25, 0.3) is 0 Å². The molecule has 3 fully saturated rings. The topological polar surface area (TPSA) is 94.7 Å². The Kier molecular flexibility index (Phi) is 7.32. The van der Waals surface area contributed by atoms with Gasteiger partial charge in [0.2, 0.25) is 5.91 Å². The molecule has 3 rings (SSSR count). The first kappa shape index (κ1) is 21.2. The molecule has 7 unspecified atom stereocenters. The average molecular weight is 471 g/mol. The zero-order chi connectivity index (χ0) is 19.6. The summed E-state index contributed by atoms with van der Waals surface area (Å²) in [7, 11) is 1.25. The lowest BCUT2D eigenvalue weighted by Gasteiger charge is -2.40. The number of alkyl halides is 3. The molecule has 1 aliphatic carbocycles. The Bertz CT molecular complexity index is 548. The zero-order valence-corrected chi connectivity index (χ0v) is 17.4. The summed E-state index contributed by atoms with van der Waals surface area (Å²) in [4.78, 5) is 26.4. The molecule has 2 aliphatic heterocycles. The second kappa shape index (κ2) is 9.32. The third-order valence-electron chi connectivity index (χ3n) is 5.52. The van der Waals surface area contributed by atoms with Gasteiger partial charge in [0, 0.05) is 25.1 Å². The van der Waals surface area contributed by atoms with Crippen LogP contribution in [0, 0.1) is 5.92 Å². The van der Waals surface area contributed by atoms with Gasteiger partial charge in [-0.2, -0.15) is 0 Å². The third kappa shape index (κ3) is 4.73. The molecule has 0 spiro atoms. The van der Waals surface area contributed by atoms with Crippen molar-refractivity contribution in [2.75, 3.05) is 26.9 Å². The molecule has 0 aromatic rings. The van der Waals surface area contributed by atoms with Crippen LogP contribution in [-0.2, 0) is 14.3 Å². The Morgan fingerprint density at radius 3 is 2.70 bits per heavy atom. The van der Waals surface area contributed by atoms with E-state index in [0.717, 1.165) is 26.2 Å². The normalized spacial score (nSPS) is 40.5. The minimum absolute atomic E-state index is 0.152. The summed E-state index contributed by atoms with van der Waals surface area (Å²) in [6.45, 7) is 2.72. The molecule has 2 heterocycles. The highest BCUT2D eigenvalue weighted by Crippen LogP contribution is 2.36. The van der Waals surface area contributed by atoms with Gasteiger partial charge in [-0.15, -0.1) is 11.6 Å². The number of rotatable bonds is 4. The maximum Gasteiger partial charge on any atom is 0.310 e. The Labute approximate surface area is 171 Å². The van der Waals surface area contributed by atoms with Gasteiger partial charge in [-0.05, 0) is 19.3 Å². The molecular formula is C16H26BrClFN5O3. The number of hydrazine groups is 1. The van der Waals surface area contributed by atoms with Crippen LogP contribution in [0.1, 0.15) is 19.3 Å². The van der Waals surface area contributed by atoms with Crippen LogP contribution in [-0.4, -0.2) is 78.3 Å². The second-order valence-corrected chi connectivity index (χ2v) is 8.83. The van der Waals surface area contributed by atoms with Crippen LogP contribution in [0.2, 0.25) is 0 Å². The predicted octanol–water partition coefficient (Wildman–Crippen LogP) is -0.181. The van der Waals surface area contributed by atoms with Gasteiger partial charge in [0.05, 0.1) is 30.1 Å². The number of hydrogen-bond donors (Lipinski definition) is 4. The number of halogens is 3. The largest absolute Gasteiger partial charge is 0.469 e. The van der Waals surface area contributed by atoms with E-state index in [1.165, 1.54) is 7.11 Å². The third-order valence-corrected chi connectivity index (χ3v) is 7.42. The van der Waals surface area contributed by atoms with Crippen molar-refractivity contribution in [1.82, 2.24) is 26.4 Å². The molecular weight excluding hydrogens is 445 g/mol. The van der Waals surface area contributed by atoms with Gasteiger partial charge in [-0.3, -0.25) is 14.5 Å². The zero-order valence-electron chi connectivity index (χ0n) is 15.1. The van der Waals surface area contributed by atoms with Crippen molar-refractivity contribution in [3.8, 4) is 0 Å². The van der Waals surface area contributed by atoms with Gasteiger partial charge in [-0.25, -0.2) is 15.2 Å². The van der Waals surface area contributed by atoms with Crippen LogP contribution in [0.15, 0.2) is 0 Å². The fourth-order valence-electron chi connectivity index (χ4n) is 3.90. The highest BCUT2D eigenvalue weighted by atomic mass is 79.9. The van der Waals surface area contributed by atoms with Crippen molar-refractivity contribution < 1.29 is 18.7 Å². The number of carbonyl (C=O) groups excluding carboxylic acids is 2. The van der Waals surface area contributed by atoms with Crippen LogP contribution in [0.3, 0.4) is 0 Å². The van der Waals surface area contributed by atoms with Gasteiger partial charge < -0.3 is 15.4 Å². The van der Waals surface area contributed by atoms with E-state index in [2.05, 4.69) is 42.3 Å². The summed E-state index contributed by atoms with van der Waals surface area (Å²) in [6, 6.07) is -1.48. The van der Waals surface area contributed by atoms with Gasteiger partial charge in [-0.1, -0.05) is 15.9 Å². The van der Waals surface area contributed by atoms with E-state index < -0.39 is 40.3 Å². The average Bonchev–Trinajstić information content (AvgIpc) is 3.22. The number of ether oxygens (including phenoxy) is 1. The summed E-state index contributed by atoms with van der Waals surface area (Å²) >= 11 is 9.39. The second-order valence-electron chi connectivity index (χ2n) is 7.21. The standard InChI is InChI=1S/C16H26BrClFN5O3/c1-27-16(26)8-6-9(18)12(17)13(19)14(8)21-15(25)10-2-3-11(23-22-10)24-5-4-20-7-24/h8-14,20,22-23H,2-7H2,1H3,(H,21,25). The van der Waals surface area contributed by atoms with E-state index in [1.807, 2.05) is 0 Å². The van der Waals surface area contributed by atoms with E-state index in [1.54, 1.807) is 0 Å². The molecule has 0 bridgehead atoms. The van der Waals surface area contributed by atoms with E-state index in [0.29, 0.717) is 6.42 Å². The summed E-state index contributed by atoms with van der Waals surface area (Å²) in [6.07, 6.45) is 0.300. The molecule has 11 heteroatoms. The molecule has 4 N–H and O–H groups in total. The fourth-order valence-corrected chi connectivity index (χ4v) is 4.78. The molecule has 27 heavy (non-hydrogen) atoms. The number of methoxy groups -OCH3 is 1. The van der Waals surface area contributed by atoms with E-state index in [-0.39, 0.29) is 18.5 Å². The first-order valence-corrected chi connectivity index (χ1v) is 10.5. The van der Waals surface area contributed by atoms with Crippen LogP contribution in [0.5, 0.6) is 0 Å². The first-order valence-electron chi connectivity index (χ1n) is 9.18. The van der Waals surface area contributed by atoms with Crippen LogP contribution >= 0.6 is 27.5 Å². The summed E-state index contributed by atoms with van der Waals surface area (Å²) < 4.78 is 19.6. The van der Waals surface area contributed by atoms with E-state index in [9.17, 15) is 14.0 Å². The smallest absolute Gasteiger partial charge is 0.310 e. The SMILES string of the molecule is COC(=O)C1CC(Cl)C(Br)C(F)C1NC(=O)C1CCC(N2CCNC2)NN1. The van der Waals surface area contributed by atoms with Crippen molar-refractivity contribution in [3.63, 3.8) is 0 Å². The summed E-state index contributed by atoms with van der Waals surface area (Å²) in [5.41, 5.74) is 6.18. The molecule has 3 aliphatic rings. The van der Waals surface area contributed by atoms with Gasteiger partial charge in [0.15, 0.2) is 0 Å². The van der Waals surface area contributed by atoms with Gasteiger partial charge in [0.1, 0.15) is 12.2 Å². The van der Waals surface area contributed by atoms with Crippen molar-refractivity contribution in [2.45, 2.75) is 53.9 Å². The lowest BCUT2D eigenvalue weighted by molar-refractivity contribution is -0.149. The van der Waals surface area contributed by atoms with Crippen LogP contribution in [0.4, 0.5) is 4.39 Å². The molecule has 7 atom stereocenters. The van der Waals surface area contributed by atoms with Crippen molar-refractivity contribution in [1.29, 1.82) is 0 Å². The molecule has 154 valence electrons. The molecule has 0 aromatic carbocycles. The number of carbonyl (C=O) groups is 2. The number of nitrogens with zero attached hydrogens (tertiary/aromatic N) is 1. The van der Waals surface area contributed by atoms with Crippen molar-refractivity contribution >= 4 is 39.4 Å². The molecule has 1 amide bonds. The minimum Gasteiger partial charge on any atom is -0.469 e. The highest BCUT2D eigenvalue weighted by molar-refractivity contribution is 9.09.